The van der Waals surface area contributed by atoms with Crippen molar-refractivity contribution in [2.75, 3.05) is 13.1 Å². The summed E-state index contributed by atoms with van der Waals surface area (Å²) in [5.74, 6) is 0. The number of hydrogen-bond acceptors (Lipinski definition) is 3. The van der Waals surface area contributed by atoms with Crippen LogP contribution in [0.15, 0.2) is 18.3 Å². The average molecular weight is 191 g/mol. The highest BCUT2D eigenvalue weighted by atomic mass is 15.2. The van der Waals surface area contributed by atoms with E-state index in [9.17, 15) is 0 Å². The lowest BCUT2D eigenvalue weighted by molar-refractivity contribution is 0.322. The summed E-state index contributed by atoms with van der Waals surface area (Å²) in [6.45, 7) is 5.17. The number of aromatic nitrogens is 1. The van der Waals surface area contributed by atoms with Crippen molar-refractivity contribution in [1.29, 1.82) is 0 Å². The Hall–Kier alpha value is -0.930. The lowest BCUT2D eigenvalue weighted by atomic mass is 10.2. The Morgan fingerprint density at radius 2 is 2.50 bits per heavy atom. The van der Waals surface area contributed by atoms with E-state index in [1.807, 2.05) is 12.3 Å². The summed E-state index contributed by atoms with van der Waals surface area (Å²) in [6, 6.07) is 4.45. The fourth-order valence-electron chi connectivity index (χ4n) is 1.90. The first-order valence-corrected chi connectivity index (χ1v) is 5.14. The molecule has 76 valence electrons. The largest absolute Gasteiger partial charge is 0.326 e. The van der Waals surface area contributed by atoms with Crippen molar-refractivity contribution in [3.63, 3.8) is 0 Å². The van der Waals surface area contributed by atoms with Crippen LogP contribution < -0.4 is 5.73 Å². The number of rotatable bonds is 2. The van der Waals surface area contributed by atoms with Crippen molar-refractivity contribution in [3.05, 3.63) is 29.6 Å². The first-order valence-electron chi connectivity index (χ1n) is 5.14. The Bertz CT molecular complexity index is 311. The van der Waals surface area contributed by atoms with Gasteiger partial charge >= 0.3 is 0 Å². The van der Waals surface area contributed by atoms with Gasteiger partial charge in [0.1, 0.15) is 0 Å². The van der Waals surface area contributed by atoms with Crippen LogP contribution in [-0.2, 0) is 6.54 Å². The van der Waals surface area contributed by atoms with E-state index in [1.54, 1.807) is 0 Å². The van der Waals surface area contributed by atoms with Crippen LogP contribution in [0, 0.1) is 6.92 Å². The van der Waals surface area contributed by atoms with Gasteiger partial charge in [0.05, 0.1) is 5.69 Å². The van der Waals surface area contributed by atoms with Gasteiger partial charge < -0.3 is 5.73 Å². The number of nitrogens with two attached hydrogens (primary N) is 1. The first kappa shape index (κ1) is 9.62. The van der Waals surface area contributed by atoms with E-state index < -0.39 is 0 Å². The summed E-state index contributed by atoms with van der Waals surface area (Å²) in [7, 11) is 0. The van der Waals surface area contributed by atoms with Crippen LogP contribution in [0.1, 0.15) is 17.7 Å². The topological polar surface area (TPSA) is 42.2 Å². The lowest BCUT2D eigenvalue weighted by Crippen LogP contribution is -2.26. The predicted octanol–water partition coefficient (Wildman–Crippen LogP) is 0.923. The van der Waals surface area contributed by atoms with Gasteiger partial charge in [0, 0.05) is 31.9 Å². The molecule has 2 rings (SSSR count). The van der Waals surface area contributed by atoms with E-state index in [-0.39, 0.29) is 0 Å². The van der Waals surface area contributed by atoms with Crippen molar-refractivity contribution in [3.8, 4) is 0 Å². The lowest BCUT2D eigenvalue weighted by Gasteiger charge is -2.15. The molecule has 14 heavy (non-hydrogen) atoms. The van der Waals surface area contributed by atoms with Crippen LogP contribution in [0.4, 0.5) is 0 Å². The SMILES string of the molecule is Cc1cccnc1CN1CC[C@H](N)C1. The molecule has 3 heteroatoms. The minimum Gasteiger partial charge on any atom is -0.326 e. The molecule has 1 atom stereocenters. The van der Waals surface area contributed by atoms with E-state index in [2.05, 4.69) is 22.9 Å². The molecule has 1 aliphatic rings. The highest BCUT2D eigenvalue weighted by Gasteiger charge is 2.19. The van der Waals surface area contributed by atoms with Gasteiger partial charge in [-0.2, -0.15) is 0 Å². The summed E-state index contributed by atoms with van der Waals surface area (Å²) >= 11 is 0. The third-order valence-electron chi connectivity index (χ3n) is 2.80. The summed E-state index contributed by atoms with van der Waals surface area (Å²) in [5, 5.41) is 0. The Kier molecular flexibility index (Phi) is 2.79. The summed E-state index contributed by atoms with van der Waals surface area (Å²) in [4.78, 5) is 6.76. The van der Waals surface area contributed by atoms with E-state index in [0.717, 1.165) is 26.1 Å². The Morgan fingerprint density at radius 3 is 3.14 bits per heavy atom. The maximum Gasteiger partial charge on any atom is 0.0573 e. The van der Waals surface area contributed by atoms with E-state index in [0.29, 0.717) is 6.04 Å². The van der Waals surface area contributed by atoms with Crippen LogP contribution in [0.25, 0.3) is 0 Å². The molecule has 3 nitrogen and oxygen atoms in total. The molecule has 0 radical (unpaired) electrons. The van der Waals surface area contributed by atoms with Crippen molar-refractivity contribution in [2.24, 2.45) is 5.73 Å². The number of likely N-dealkylation sites (tertiary alicyclic amines) is 1. The molecule has 0 bridgehead atoms. The van der Waals surface area contributed by atoms with Gasteiger partial charge in [0.2, 0.25) is 0 Å². The van der Waals surface area contributed by atoms with Gasteiger partial charge in [-0.15, -0.1) is 0 Å². The second kappa shape index (κ2) is 4.07. The third kappa shape index (κ3) is 2.11. The van der Waals surface area contributed by atoms with Crippen molar-refractivity contribution in [2.45, 2.75) is 25.9 Å². The summed E-state index contributed by atoms with van der Waals surface area (Å²) in [5.41, 5.74) is 8.31. The van der Waals surface area contributed by atoms with Gasteiger partial charge in [-0.1, -0.05) is 6.07 Å². The van der Waals surface area contributed by atoms with Crippen molar-refractivity contribution >= 4 is 0 Å². The molecule has 1 saturated heterocycles. The minimum atomic E-state index is 0.360. The normalized spacial score (nSPS) is 22.9. The van der Waals surface area contributed by atoms with Gasteiger partial charge in [-0.05, 0) is 25.0 Å². The van der Waals surface area contributed by atoms with Crippen LogP contribution in [0.3, 0.4) is 0 Å². The van der Waals surface area contributed by atoms with E-state index in [1.165, 1.54) is 11.3 Å². The van der Waals surface area contributed by atoms with Crippen LogP contribution in [0.2, 0.25) is 0 Å². The molecular formula is C11H17N3. The third-order valence-corrected chi connectivity index (χ3v) is 2.80. The second-order valence-electron chi connectivity index (χ2n) is 4.05. The molecule has 0 saturated carbocycles. The molecule has 1 aromatic heterocycles. The number of nitrogens with zero attached hydrogens (tertiary/aromatic N) is 2. The minimum absolute atomic E-state index is 0.360. The van der Waals surface area contributed by atoms with Crippen molar-refractivity contribution < 1.29 is 0 Å². The molecule has 1 fully saturated rings. The molecular weight excluding hydrogens is 174 g/mol. The molecule has 0 amide bonds. The van der Waals surface area contributed by atoms with Gasteiger partial charge in [0.15, 0.2) is 0 Å². The van der Waals surface area contributed by atoms with Gasteiger partial charge in [0.25, 0.3) is 0 Å². The maximum absolute atomic E-state index is 5.85. The van der Waals surface area contributed by atoms with E-state index in [4.69, 9.17) is 5.73 Å². The Balaban J connectivity index is 2.01. The highest BCUT2D eigenvalue weighted by Crippen LogP contribution is 2.12. The Labute approximate surface area is 84.9 Å². The quantitative estimate of drug-likeness (QED) is 0.756. The monoisotopic (exact) mass is 191 g/mol. The molecule has 0 aromatic carbocycles. The molecule has 2 N–H and O–H groups in total. The predicted molar refractivity (Wildman–Crippen MR) is 56.8 cm³/mol. The summed E-state index contributed by atoms with van der Waals surface area (Å²) in [6.07, 6.45) is 2.98. The molecule has 2 heterocycles. The first-order chi connectivity index (χ1) is 6.75. The highest BCUT2D eigenvalue weighted by molar-refractivity contribution is 5.17. The van der Waals surface area contributed by atoms with Gasteiger partial charge in [-0.3, -0.25) is 9.88 Å². The van der Waals surface area contributed by atoms with Gasteiger partial charge in [-0.25, -0.2) is 0 Å². The molecule has 1 aliphatic heterocycles. The van der Waals surface area contributed by atoms with Crippen molar-refractivity contribution in [1.82, 2.24) is 9.88 Å². The van der Waals surface area contributed by atoms with E-state index >= 15 is 0 Å². The molecule has 0 aliphatic carbocycles. The number of aryl methyl sites for hydroxylation is 1. The standard InChI is InChI=1S/C11H17N3/c1-9-3-2-5-13-11(9)8-14-6-4-10(12)7-14/h2-3,5,10H,4,6-8,12H2,1H3/t10-/m0/s1. The van der Waals surface area contributed by atoms with Crippen LogP contribution in [-0.4, -0.2) is 29.0 Å². The summed E-state index contributed by atoms with van der Waals surface area (Å²) < 4.78 is 0. The zero-order valence-electron chi connectivity index (χ0n) is 8.61. The maximum atomic E-state index is 5.85. The number of pyridine rings is 1. The molecule has 0 spiro atoms. The zero-order valence-corrected chi connectivity index (χ0v) is 8.61. The average Bonchev–Trinajstić information content (AvgIpc) is 2.56. The van der Waals surface area contributed by atoms with Crippen LogP contribution in [0.5, 0.6) is 0 Å². The fraction of sp³-hybridized carbons (Fsp3) is 0.545. The zero-order chi connectivity index (χ0) is 9.97. The smallest absolute Gasteiger partial charge is 0.0573 e. The number of hydrogen-bond donors (Lipinski definition) is 1. The van der Waals surface area contributed by atoms with Crippen LogP contribution >= 0.6 is 0 Å². The Morgan fingerprint density at radius 1 is 1.64 bits per heavy atom. The second-order valence-corrected chi connectivity index (χ2v) is 4.05. The molecule has 0 unspecified atom stereocenters. The molecule has 1 aromatic rings. The fourth-order valence-corrected chi connectivity index (χ4v) is 1.90.